The van der Waals surface area contributed by atoms with E-state index < -0.39 is 0 Å². The third-order valence-corrected chi connectivity index (χ3v) is 4.36. The number of likely N-dealkylation sites (tertiary alicyclic amines) is 1. The van der Waals surface area contributed by atoms with Gasteiger partial charge in [-0.25, -0.2) is 4.79 Å². The molecule has 0 bridgehead atoms. The first kappa shape index (κ1) is 18.4. The number of urea groups is 1. The van der Waals surface area contributed by atoms with Crippen LogP contribution in [0.5, 0.6) is 11.5 Å². The van der Waals surface area contributed by atoms with E-state index in [9.17, 15) is 4.79 Å². The second-order valence-electron chi connectivity index (χ2n) is 6.35. The summed E-state index contributed by atoms with van der Waals surface area (Å²) >= 11 is 0. The molecule has 0 spiro atoms. The number of ether oxygens (including phenoxy) is 2. The van der Waals surface area contributed by atoms with Gasteiger partial charge in [-0.1, -0.05) is 13.0 Å². The first-order valence-electron chi connectivity index (χ1n) is 8.57. The molecule has 0 aliphatic carbocycles. The Morgan fingerprint density at radius 3 is 2.75 bits per heavy atom. The number of carbonyl (C=O) groups excluding carboxylic acids is 1. The molecule has 2 rings (SSSR count). The Morgan fingerprint density at radius 2 is 2.04 bits per heavy atom. The predicted molar refractivity (Wildman–Crippen MR) is 94.6 cm³/mol. The Kier molecular flexibility index (Phi) is 7.18. The van der Waals surface area contributed by atoms with E-state index in [2.05, 4.69) is 22.5 Å². The van der Waals surface area contributed by atoms with Crippen LogP contribution in [-0.4, -0.2) is 51.3 Å². The molecule has 24 heavy (non-hydrogen) atoms. The largest absolute Gasteiger partial charge is 0.493 e. The number of hydrogen-bond donors (Lipinski definition) is 2. The molecule has 2 N–H and O–H groups in total. The Bertz CT molecular complexity index is 536. The van der Waals surface area contributed by atoms with Crippen LogP contribution < -0.4 is 20.1 Å². The van der Waals surface area contributed by atoms with Crippen molar-refractivity contribution in [1.29, 1.82) is 0 Å². The lowest BCUT2D eigenvalue weighted by atomic mass is 10.0. The van der Waals surface area contributed by atoms with Crippen molar-refractivity contribution >= 4 is 6.03 Å². The molecule has 0 saturated carbocycles. The molecule has 6 heteroatoms. The summed E-state index contributed by atoms with van der Waals surface area (Å²) in [5.74, 6) is 2.11. The molecule has 6 nitrogen and oxygen atoms in total. The van der Waals surface area contributed by atoms with Gasteiger partial charge in [0, 0.05) is 26.2 Å². The van der Waals surface area contributed by atoms with Gasteiger partial charge in [-0.2, -0.15) is 0 Å². The van der Waals surface area contributed by atoms with Crippen molar-refractivity contribution in [2.24, 2.45) is 5.92 Å². The molecular formula is C18H29N3O3. The number of piperidine rings is 1. The van der Waals surface area contributed by atoms with Crippen LogP contribution in [0.3, 0.4) is 0 Å². The molecule has 2 amide bonds. The maximum absolute atomic E-state index is 11.9. The molecule has 0 aromatic heterocycles. The smallest absolute Gasteiger partial charge is 0.315 e. The van der Waals surface area contributed by atoms with Crippen molar-refractivity contribution in [3.05, 3.63) is 23.8 Å². The summed E-state index contributed by atoms with van der Waals surface area (Å²) in [6.07, 6.45) is 2.57. The third-order valence-electron chi connectivity index (χ3n) is 4.36. The molecule has 1 aromatic carbocycles. The molecule has 1 unspecified atom stereocenters. The van der Waals surface area contributed by atoms with Crippen LogP contribution in [0.1, 0.15) is 25.3 Å². The standard InChI is InChI=1S/C18H29N3O3/c1-14-5-4-9-21(13-14)10-8-19-18(22)20-12-15-6-7-16(23-2)17(11-15)24-3/h6-7,11,14H,4-5,8-10,12-13H2,1-3H3,(H2,19,20,22). The van der Waals surface area contributed by atoms with E-state index in [1.54, 1.807) is 14.2 Å². The lowest BCUT2D eigenvalue weighted by Gasteiger charge is -2.30. The minimum absolute atomic E-state index is 0.144. The SMILES string of the molecule is COc1ccc(CNC(=O)NCCN2CCCC(C)C2)cc1OC. The zero-order chi connectivity index (χ0) is 17.4. The van der Waals surface area contributed by atoms with Gasteiger partial charge in [0.15, 0.2) is 11.5 Å². The second kappa shape index (κ2) is 9.37. The van der Waals surface area contributed by atoms with E-state index in [4.69, 9.17) is 9.47 Å². The molecule has 1 fully saturated rings. The third kappa shape index (κ3) is 5.60. The summed E-state index contributed by atoms with van der Waals surface area (Å²) in [6.45, 7) is 6.59. The van der Waals surface area contributed by atoms with E-state index >= 15 is 0 Å². The van der Waals surface area contributed by atoms with Crippen LogP contribution in [0.25, 0.3) is 0 Å². The number of carbonyl (C=O) groups is 1. The highest BCUT2D eigenvalue weighted by molar-refractivity contribution is 5.73. The van der Waals surface area contributed by atoms with Gasteiger partial charge >= 0.3 is 6.03 Å². The lowest BCUT2D eigenvalue weighted by Crippen LogP contribution is -2.42. The van der Waals surface area contributed by atoms with Crippen LogP contribution in [0.2, 0.25) is 0 Å². The van der Waals surface area contributed by atoms with Crippen molar-refractivity contribution in [2.45, 2.75) is 26.3 Å². The van der Waals surface area contributed by atoms with E-state index in [-0.39, 0.29) is 6.03 Å². The zero-order valence-electron chi connectivity index (χ0n) is 14.9. The Hall–Kier alpha value is -1.95. The fraction of sp³-hybridized carbons (Fsp3) is 0.611. The van der Waals surface area contributed by atoms with Crippen molar-refractivity contribution in [3.63, 3.8) is 0 Å². The van der Waals surface area contributed by atoms with Crippen molar-refractivity contribution in [3.8, 4) is 11.5 Å². The van der Waals surface area contributed by atoms with Crippen LogP contribution >= 0.6 is 0 Å². The van der Waals surface area contributed by atoms with Crippen LogP contribution in [0, 0.1) is 5.92 Å². The molecule has 1 saturated heterocycles. The average Bonchev–Trinajstić information content (AvgIpc) is 2.59. The summed E-state index contributed by atoms with van der Waals surface area (Å²) in [4.78, 5) is 14.3. The van der Waals surface area contributed by atoms with Crippen molar-refractivity contribution in [2.75, 3.05) is 40.4 Å². The van der Waals surface area contributed by atoms with E-state index in [1.165, 1.54) is 12.8 Å². The summed E-state index contributed by atoms with van der Waals surface area (Å²) < 4.78 is 10.5. The van der Waals surface area contributed by atoms with Crippen LogP contribution in [0.4, 0.5) is 4.79 Å². The highest BCUT2D eigenvalue weighted by Crippen LogP contribution is 2.27. The van der Waals surface area contributed by atoms with Gasteiger partial charge in [-0.3, -0.25) is 0 Å². The number of hydrogen-bond acceptors (Lipinski definition) is 4. The minimum atomic E-state index is -0.144. The fourth-order valence-corrected chi connectivity index (χ4v) is 3.05. The highest BCUT2D eigenvalue weighted by Gasteiger charge is 2.15. The van der Waals surface area contributed by atoms with Gasteiger partial charge < -0.3 is 25.0 Å². The number of methoxy groups -OCH3 is 2. The minimum Gasteiger partial charge on any atom is -0.493 e. The Labute approximate surface area is 144 Å². The first-order chi connectivity index (χ1) is 11.6. The monoisotopic (exact) mass is 335 g/mol. The second-order valence-corrected chi connectivity index (χ2v) is 6.35. The van der Waals surface area contributed by atoms with E-state index in [1.807, 2.05) is 18.2 Å². The van der Waals surface area contributed by atoms with Gasteiger partial charge in [0.05, 0.1) is 14.2 Å². The zero-order valence-corrected chi connectivity index (χ0v) is 14.9. The number of benzene rings is 1. The number of nitrogens with zero attached hydrogens (tertiary/aromatic N) is 1. The molecule has 1 aliphatic rings. The first-order valence-corrected chi connectivity index (χ1v) is 8.57. The maximum Gasteiger partial charge on any atom is 0.315 e. The number of amides is 2. The molecule has 1 atom stereocenters. The maximum atomic E-state index is 11.9. The van der Waals surface area contributed by atoms with Gasteiger partial charge in [0.2, 0.25) is 0 Å². The fourth-order valence-electron chi connectivity index (χ4n) is 3.05. The molecule has 1 aromatic rings. The van der Waals surface area contributed by atoms with Crippen LogP contribution in [-0.2, 0) is 6.54 Å². The average molecular weight is 335 g/mol. The Morgan fingerprint density at radius 1 is 1.25 bits per heavy atom. The summed E-state index contributed by atoms with van der Waals surface area (Å²) in [5.41, 5.74) is 0.965. The summed E-state index contributed by atoms with van der Waals surface area (Å²) in [5, 5.41) is 5.79. The highest BCUT2D eigenvalue weighted by atomic mass is 16.5. The number of rotatable bonds is 7. The molecule has 1 heterocycles. The van der Waals surface area contributed by atoms with Gasteiger partial charge in [-0.05, 0) is 43.0 Å². The molecule has 134 valence electrons. The summed E-state index contributed by atoms with van der Waals surface area (Å²) in [7, 11) is 3.20. The van der Waals surface area contributed by atoms with E-state index in [0.717, 1.165) is 31.1 Å². The van der Waals surface area contributed by atoms with Gasteiger partial charge in [-0.15, -0.1) is 0 Å². The predicted octanol–water partition coefficient (Wildman–Crippen LogP) is 2.23. The molecule has 1 aliphatic heterocycles. The summed E-state index contributed by atoms with van der Waals surface area (Å²) in [6, 6.07) is 5.48. The van der Waals surface area contributed by atoms with Crippen molar-refractivity contribution < 1.29 is 14.3 Å². The quantitative estimate of drug-likeness (QED) is 0.802. The Balaban J connectivity index is 1.69. The molecular weight excluding hydrogens is 306 g/mol. The van der Waals surface area contributed by atoms with Crippen molar-refractivity contribution in [1.82, 2.24) is 15.5 Å². The van der Waals surface area contributed by atoms with E-state index in [0.29, 0.717) is 24.6 Å². The molecule has 0 radical (unpaired) electrons. The van der Waals surface area contributed by atoms with Gasteiger partial charge in [0.25, 0.3) is 0 Å². The lowest BCUT2D eigenvalue weighted by molar-refractivity contribution is 0.184. The number of nitrogens with one attached hydrogen (secondary N) is 2. The van der Waals surface area contributed by atoms with Crippen LogP contribution in [0.15, 0.2) is 18.2 Å². The van der Waals surface area contributed by atoms with Gasteiger partial charge in [0.1, 0.15) is 0 Å². The normalized spacial score (nSPS) is 18.0. The topological polar surface area (TPSA) is 62.8 Å².